The van der Waals surface area contributed by atoms with Crippen LogP contribution in [0.2, 0.25) is 5.02 Å². The van der Waals surface area contributed by atoms with Crippen molar-refractivity contribution < 1.29 is 0 Å². The van der Waals surface area contributed by atoms with Gasteiger partial charge in [0, 0.05) is 11.1 Å². The van der Waals surface area contributed by atoms with E-state index in [0.29, 0.717) is 23.2 Å². The van der Waals surface area contributed by atoms with Crippen LogP contribution >= 0.6 is 11.6 Å². The van der Waals surface area contributed by atoms with Crippen LogP contribution in [0.25, 0.3) is 22.5 Å². The third-order valence-electron chi connectivity index (χ3n) is 3.85. The highest BCUT2D eigenvalue weighted by molar-refractivity contribution is 6.33. The quantitative estimate of drug-likeness (QED) is 0.556. The van der Waals surface area contributed by atoms with E-state index in [1.165, 1.54) is 0 Å². The Hall–Kier alpha value is -3.25. The van der Waals surface area contributed by atoms with Gasteiger partial charge < -0.3 is 5.32 Å². The lowest BCUT2D eigenvalue weighted by atomic mass is 10.1. The van der Waals surface area contributed by atoms with Gasteiger partial charge in [0.25, 0.3) is 0 Å². The molecule has 0 saturated heterocycles. The first-order valence-electron chi connectivity index (χ1n) is 8.08. The number of H-pyrrole nitrogens is 1. The lowest BCUT2D eigenvalue weighted by Crippen LogP contribution is -2.05. The highest BCUT2D eigenvalue weighted by atomic mass is 35.5. The van der Waals surface area contributed by atoms with Gasteiger partial charge in [-0.25, -0.2) is 4.98 Å². The molecule has 0 spiro atoms. The van der Waals surface area contributed by atoms with Gasteiger partial charge in [-0.1, -0.05) is 60.1 Å². The highest BCUT2D eigenvalue weighted by Crippen LogP contribution is 2.25. The number of rotatable bonds is 5. The average molecular weight is 363 g/mol. The number of nitrogens with one attached hydrogen (secondary N) is 2. The summed E-state index contributed by atoms with van der Waals surface area (Å²) >= 11 is 6.22. The van der Waals surface area contributed by atoms with E-state index in [4.69, 9.17) is 11.6 Å². The summed E-state index contributed by atoms with van der Waals surface area (Å²) in [4.78, 5) is 4.48. The molecule has 0 saturated carbocycles. The molecule has 6 nitrogen and oxygen atoms in total. The number of benzene rings is 2. The maximum absolute atomic E-state index is 6.22. The number of halogens is 1. The van der Waals surface area contributed by atoms with Gasteiger partial charge in [-0.2, -0.15) is 10.2 Å². The van der Waals surface area contributed by atoms with E-state index in [2.05, 4.69) is 30.7 Å². The second-order valence-corrected chi connectivity index (χ2v) is 6.05. The summed E-state index contributed by atoms with van der Waals surface area (Å²) in [6, 6.07) is 19.5. The maximum Gasteiger partial charge on any atom is 0.243 e. The molecule has 7 heteroatoms. The number of anilines is 1. The van der Waals surface area contributed by atoms with Crippen LogP contribution in [0.5, 0.6) is 0 Å². The molecule has 0 atom stereocenters. The molecule has 4 aromatic rings. The third kappa shape index (κ3) is 3.55. The molecule has 2 aromatic carbocycles. The number of aromatic nitrogens is 5. The van der Waals surface area contributed by atoms with Gasteiger partial charge in [-0.15, -0.1) is 5.10 Å². The minimum atomic E-state index is 0.429. The first-order valence-corrected chi connectivity index (χ1v) is 8.45. The summed E-state index contributed by atoms with van der Waals surface area (Å²) in [5.74, 6) is 0.429. The Morgan fingerprint density at radius 2 is 1.77 bits per heavy atom. The molecular weight excluding hydrogens is 348 g/mol. The van der Waals surface area contributed by atoms with Crippen molar-refractivity contribution in [1.29, 1.82) is 0 Å². The van der Waals surface area contributed by atoms with E-state index in [9.17, 15) is 0 Å². The number of aromatic amines is 1. The summed E-state index contributed by atoms with van der Waals surface area (Å²) in [6.45, 7) is 0.507. The van der Waals surface area contributed by atoms with E-state index in [-0.39, 0.29) is 0 Å². The van der Waals surface area contributed by atoms with Crippen molar-refractivity contribution in [2.24, 2.45) is 0 Å². The predicted molar refractivity (Wildman–Crippen MR) is 102 cm³/mol. The average Bonchev–Trinajstić information content (AvgIpc) is 3.17. The molecule has 128 valence electrons. The fourth-order valence-electron chi connectivity index (χ4n) is 2.56. The summed E-state index contributed by atoms with van der Waals surface area (Å²) in [6.07, 6.45) is 1.59. The summed E-state index contributed by atoms with van der Waals surface area (Å²) in [5.41, 5.74) is 4.37. The predicted octanol–water partition coefficient (Wildman–Crippen LogP) is 4.19. The monoisotopic (exact) mass is 362 g/mol. The van der Waals surface area contributed by atoms with Crippen molar-refractivity contribution in [3.8, 4) is 22.5 Å². The first-order chi connectivity index (χ1) is 12.8. The molecule has 2 heterocycles. The van der Waals surface area contributed by atoms with Gasteiger partial charge in [0.2, 0.25) is 5.95 Å². The fourth-order valence-corrected chi connectivity index (χ4v) is 2.79. The Labute approximate surface area is 155 Å². The Balaban J connectivity index is 1.48. The molecule has 0 aliphatic heterocycles. The fraction of sp³-hybridized carbons (Fsp3) is 0.0526. The van der Waals surface area contributed by atoms with Gasteiger partial charge in [0.1, 0.15) is 0 Å². The SMILES string of the molecule is Clc1ccccc1-c1cnnc(NCc2cc(-c3ccccc3)n[nH]2)n1. The molecule has 4 rings (SSSR count). The van der Waals surface area contributed by atoms with E-state index >= 15 is 0 Å². The largest absolute Gasteiger partial charge is 0.347 e. The van der Waals surface area contributed by atoms with Gasteiger partial charge in [0.15, 0.2) is 0 Å². The molecule has 2 N–H and O–H groups in total. The summed E-state index contributed by atoms with van der Waals surface area (Å²) in [7, 11) is 0. The zero-order valence-corrected chi connectivity index (χ0v) is 14.5. The van der Waals surface area contributed by atoms with Gasteiger partial charge >= 0.3 is 0 Å². The molecule has 0 amide bonds. The lowest BCUT2D eigenvalue weighted by Gasteiger charge is -2.06. The van der Waals surface area contributed by atoms with Crippen LogP contribution in [-0.2, 0) is 6.54 Å². The van der Waals surface area contributed by atoms with Crippen molar-refractivity contribution in [3.63, 3.8) is 0 Å². The van der Waals surface area contributed by atoms with Crippen molar-refractivity contribution in [1.82, 2.24) is 25.4 Å². The van der Waals surface area contributed by atoms with Crippen molar-refractivity contribution >= 4 is 17.5 Å². The first kappa shape index (κ1) is 16.2. The Bertz CT molecular complexity index is 1020. The van der Waals surface area contributed by atoms with Crippen molar-refractivity contribution in [3.05, 3.63) is 77.6 Å². The molecule has 0 fully saturated rings. The van der Waals surface area contributed by atoms with Crippen LogP contribution < -0.4 is 5.32 Å². The zero-order chi connectivity index (χ0) is 17.8. The van der Waals surface area contributed by atoms with E-state index in [1.54, 1.807) is 6.20 Å². The molecule has 0 unspecified atom stereocenters. The lowest BCUT2D eigenvalue weighted by molar-refractivity contribution is 0.923. The van der Waals surface area contributed by atoms with Crippen LogP contribution in [0.1, 0.15) is 5.69 Å². The third-order valence-corrected chi connectivity index (χ3v) is 4.18. The maximum atomic E-state index is 6.22. The molecule has 2 aromatic heterocycles. The second-order valence-electron chi connectivity index (χ2n) is 5.64. The van der Waals surface area contributed by atoms with Crippen LogP contribution in [-0.4, -0.2) is 25.4 Å². The van der Waals surface area contributed by atoms with Gasteiger partial charge in [0.05, 0.1) is 34.8 Å². The van der Waals surface area contributed by atoms with Crippen LogP contribution in [0.15, 0.2) is 66.9 Å². The molecule has 0 bridgehead atoms. The second kappa shape index (κ2) is 7.33. The van der Waals surface area contributed by atoms with E-state index < -0.39 is 0 Å². The number of nitrogens with zero attached hydrogens (tertiary/aromatic N) is 4. The van der Waals surface area contributed by atoms with Crippen molar-refractivity contribution in [2.45, 2.75) is 6.54 Å². The van der Waals surface area contributed by atoms with Crippen LogP contribution in [0.3, 0.4) is 0 Å². The molecular formula is C19H15ClN6. The van der Waals surface area contributed by atoms with E-state index in [0.717, 1.165) is 22.5 Å². The smallest absolute Gasteiger partial charge is 0.243 e. The van der Waals surface area contributed by atoms with E-state index in [1.807, 2.05) is 60.7 Å². The minimum Gasteiger partial charge on any atom is -0.347 e. The van der Waals surface area contributed by atoms with Crippen LogP contribution in [0.4, 0.5) is 5.95 Å². The number of hydrogen-bond acceptors (Lipinski definition) is 5. The van der Waals surface area contributed by atoms with Gasteiger partial charge in [-0.3, -0.25) is 5.10 Å². The summed E-state index contributed by atoms with van der Waals surface area (Å²) in [5, 5.41) is 19.2. The molecule has 0 aliphatic rings. The van der Waals surface area contributed by atoms with Crippen molar-refractivity contribution in [2.75, 3.05) is 5.32 Å². The summed E-state index contributed by atoms with van der Waals surface area (Å²) < 4.78 is 0. The molecule has 0 aliphatic carbocycles. The molecule has 0 radical (unpaired) electrons. The Kier molecular flexibility index (Phi) is 4.57. The normalized spacial score (nSPS) is 10.7. The minimum absolute atomic E-state index is 0.429. The zero-order valence-electron chi connectivity index (χ0n) is 13.7. The Morgan fingerprint density at radius 3 is 2.62 bits per heavy atom. The topological polar surface area (TPSA) is 79.4 Å². The number of hydrogen-bond donors (Lipinski definition) is 2. The highest BCUT2D eigenvalue weighted by Gasteiger charge is 2.08. The molecule has 26 heavy (non-hydrogen) atoms. The Morgan fingerprint density at radius 1 is 0.962 bits per heavy atom. The van der Waals surface area contributed by atoms with Crippen LogP contribution in [0, 0.1) is 0 Å². The van der Waals surface area contributed by atoms with Gasteiger partial charge in [-0.05, 0) is 12.1 Å². The standard InChI is InChI=1S/C19H15ClN6/c20-16-9-5-4-8-15(16)18-12-22-26-19(23-18)21-11-14-10-17(25-24-14)13-6-2-1-3-7-13/h1-10,12H,11H2,(H,24,25)(H,21,23,26).